The van der Waals surface area contributed by atoms with E-state index < -0.39 is 30.8 Å². The highest BCUT2D eigenvalue weighted by Crippen LogP contribution is 2.25. The number of nitrogens with one attached hydrogen (secondary N) is 2. The fourth-order valence-electron chi connectivity index (χ4n) is 2.23. The second-order valence-electron chi connectivity index (χ2n) is 5.01. The summed E-state index contributed by atoms with van der Waals surface area (Å²) in [7, 11) is 1.52. The summed E-state index contributed by atoms with van der Waals surface area (Å²) < 4.78 is 31.4. The molecule has 2 unspecified atom stereocenters. The van der Waals surface area contributed by atoms with Gasteiger partial charge in [-0.3, -0.25) is 10.1 Å². The molecule has 1 heterocycles. The van der Waals surface area contributed by atoms with Crippen molar-refractivity contribution in [3.8, 4) is 0 Å². The first-order chi connectivity index (χ1) is 9.91. The first kappa shape index (κ1) is 16.1. The number of ether oxygens (including phenoxy) is 1. The summed E-state index contributed by atoms with van der Waals surface area (Å²) in [5.41, 5.74) is 0.854. The number of carbonyl (C=O) groups is 1. The lowest BCUT2D eigenvalue weighted by atomic mass is 10.1. The number of hydrogen-bond acceptors (Lipinski definition) is 3. The van der Waals surface area contributed by atoms with Crippen LogP contribution in [0.1, 0.15) is 18.1 Å². The summed E-state index contributed by atoms with van der Waals surface area (Å²) in [5, 5.41) is 5.76. The molecule has 1 aromatic carbocycles. The first-order valence-corrected chi connectivity index (χ1v) is 6.96. The smallest absolute Gasteiger partial charge is 0.262 e. The number of alkyl halides is 2. The molecule has 2 N–H and O–H groups in total. The Bertz CT molecular complexity index is 496. The van der Waals surface area contributed by atoms with Gasteiger partial charge < -0.3 is 10.1 Å². The van der Waals surface area contributed by atoms with Crippen molar-refractivity contribution in [2.24, 2.45) is 0 Å². The minimum absolute atomic E-state index is 0.209. The standard InChI is InChI=1S/C14H17ClF2N2O2/c1-21-12(9-2-4-10(15)5-3-9)7-18-13(20)11-6-14(16,17)8-19-11/h2-5,11-12,19H,6-8H2,1H3,(H,18,20). The topological polar surface area (TPSA) is 50.4 Å². The molecule has 0 spiro atoms. The highest BCUT2D eigenvalue weighted by Gasteiger charge is 2.42. The average molecular weight is 319 g/mol. The Kier molecular flexibility index (Phi) is 5.13. The van der Waals surface area contributed by atoms with Crippen LogP contribution in [0.25, 0.3) is 0 Å². The fraction of sp³-hybridized carbons (Fsp3) is 0.500. The zero-order valence-corrected chi connectivity index (χ0v) is 12.3. The molecule has 4 nitrogen and oxygen atoms in total. The van der Waals surface area contributed by atoms with Crippen LogP contribution in [0.4, 0.5) is 8.78 Å². The lowest BCUT2D eigenvalue weighted by Gasteiger charge is -2.18. The van der Waals surface area contributed by atoms with Crippen LogP contribution in [-0.4, -0.2) is 38.1 Å². The molecule has 0 saturated carbocycles. The van der Waals surface area contributed by atoms with E-state index in [9.17, 15) is 13.6 Å². The Hall–Kier alpha value is -1.24. The zero-order valence-electron chi connectivity index (χ0n) is 11.5. The summed E-state index contributed by atoms with van der Waals surface area (Å²) in [6, 6.07) is 6.19. The van der Waals surface area contributed by atoms with Crippen molar-refractivity contribution < 1.29 is 18.3 Å². The minimum atomic E-state index is -2.82. The minimum Gasteiger partial charge on any atom is -0.375 e. The van der Waals surface area contributed by atoms with Gasteiger partial charge in [0.2, 0.25) is 5.91 Å². The Morgan fingerprint density at radius 1 is 1.52 bits per heavy atom. The Labute approximate surface area is 126 Å². The SMILES string of the molecule is COC(CNC(=O)C1CC(F)(F)CN1)c1ccc(Cl)cc1. The molecule has 1 fully saturated rings. The summed E-state index contributed by atoms with van der Waals surface area (Å²) in [4.78, 5) is 11.9. The zero-order chi connectivity index (χ0) is 15.5. The third-order valence-corrected chi connectivity index (χ3v) is 3.67. The van der Waals surface area contributed by atoms with Crippen molar-refractivity contribution in [2.45, 2.75) is 24.5 Å². The van der Waals surface area contributed by atoms with E-state index in [0.717, 1.165) is 5.56 Å². The Balaban J connectivity index is 1.88. The molecule has 7 heteroatoms. The fourth-order valence-corrected chi connectivity index (χ4v) is 2.36. The summed E-state index contributed by atoms with van der Waals surface area (Å²) >= 11 is 5.81. The summed E-state index contributed by atoms with van der Waals surface area (Å²) in [5.74, 6) is -3.26. The number of benzene rings is 1. The van der Waals surface area contributed by atoms with Gasteiger partial charge in [0.25, 0.3) is 5.92 Å². The van der Waals surface area contributed by atoms with Gasteiger partial charge in [-0.05, 0) is 17.7 Å². The van der Waals surface area contributed by atoms with Gasteiger partial charge in [0, 0.05) is 25.1 Å². The van der Waals surface area contributed by atoms with E-state index in [2.05, 4.69) is 10.6 Å². The maximum atomic E-state index is 13.0. The molecule has 0 bridgehead atoms. The maximum absolute atomic E-state index is 13.0. The lowest BCUT2D eigenvalue weighted by molar-refractivity contribution is -0.124. The third-order valence-electron chi connectivity index (χ3n) is 3.41. The van der Waals surface area contributed by atoms with Crippen molar-refractivity contribution in [3.05, 3.63) is 34.9 Å². The monoisotopic (exact) mass is 318 g/mol. The van der Waals surface area contributed by atoms with Gasteiger partial charge >= 0.3 is 0 Å². The van der Waals surface area contributed by atoms with Crippen LogP contribution < -0.4 is 10.6 Å². The van der Waals surface area contributed by atoms with Crippen LogP contribution in [0.5, 0.6) is 0 Å². The molecule has 0 aliphatic carbocycles. The van der Waals surface area contributed by atoms with E-state index in [-0.39, 0.29) is 12.6 Å². The van der Waals surface area contributed by atoms with Crippen LogP contribution in [0.15, 0.2) is 24.3 Å². The van der Waals surface area contributed by atoms with Crippen LogP contribution in [0, 0.1) is 0 Å². The molecular formula is C14H17ClF2N2O2. The molecule has 1 amide bonds. The van der Waals surface area contributed by atoms with Crippen molar-refractivity contribution in [3.63, 3.8) is 0 Å². The highest BCUT2D eigenvalue weighted by molar-refractivity contribution is 6.30. The average Bonchev–Trinajstić information content (AvgIpc) is 2.81. The van der Waals surface area contributed by atoms with Gasteiger partial charge in [-0.2, -0.15) is 0 Å². The van der Waals surface area contributed by atoms with E-state index in [1.165, 1.54) is 7.11 Å². The Morgan fingerprint density at radius 3 is 2.71 bits per heavy atom. The van der Waals surface area contributed by atoms with E-state index >= 15 is 0 Å². The van der Waals surface area contributed by atoms with Gasteiger partial charge in [-0.1, -0.05) is 23.7 Å². The van der Waals surface area contributed by atoms with Crippen LogP contribution in [-0.2, 0) is 9.53 Å². The first-order valence-electron chi connectivity index (χ1n) is 6.58. The number of carbonyl (C=O) groups excluding carboxylic acids is 1. The van der Waals surface area contributed by atoms with E-state index in [1.807, 2.05) is 0 Å². The van der Waals surface area contributed by atoms with Crippen molar-refractivity contribution >= 4 is 17.5 Å². The quantitative estimate of drug-likeness (QED) is 0.874. The van der Waals surface area contributed by atoms with Crippen molar-refractivity contribution in [2.75, 3.05) is 20.2 Å². The van der Waals surface area contributed by atoms with Gasteiger partial charge in [-0.25, -0.2) is 8.78 Å². The number of halogens is 3. The van der Waals surface area contributed by atoms with Gasteiger partial charge in [-0.15, -0.1) is 0 Å². The predicted octanol–water partition coefficient (Wildman–Crippen LogP) is 2.14. The summed E-state index contributed by atoms with van der Waals surface area (Å²) in [6.45, 7) is -0.253. The second kappa shape index (κ2) is 6.68. The predicted molar refractivity (Wildman–Crippen MR) is 75.6 cm³/mol. The largest absolute Gasteiger partial charge is 0.375 e. The molecule has 2 atom stereocenters. The van der Waals surface area contributed by atoms with Crippen molar-refractivity contribution in [1.29, 1.82) is 0 Å². The highest BCUT2D eigenvalue weighted by atomic mass is 35.5. The van der Waals surface area contributed by atoms with Crippen LogP contribution in [0.2, 0.25) is 5.02 Å². The van der Waals surface area contributed by atoms with Crippen molar-refractivity contribution in [1.82, 2.24) is 10.6 Å². The molecule has 2 rings (SSSR count). The summed E-state index contributed by atoms with van der Waals surface area (Å²) in [6.07, 6.45) is -0.828. The molecule has 116 valence electrons. The van der Waals surface area contributed by atoms with E-state index in [0.29, 0.717) is 5.02 Å². The van der Waals surface area contributed by atoms with E-state index in [1.54, 1.807) is 24.3 Å². The number of hydrogen-bond donors (Lipinski definition) is 2. The molecule has 1 aliphatic rings. The maximum Gasteiger partial charge on any atom is 0.262 e. The van der Waals surface area contributed by atoms with Gasteiger partial charge in [0.1, 0.15) is 0 Å². The van der Waals surface area contributed by atoms with Crippen LogP contribution in [0.3, 0.4) is 0 Å². The number of amides is 1. The molecule has 1 saturated heterocycles. The van der Waals surface area contributed by atoms with Gasteiger partial charge in [0.15, 0.2) is 0 Å². The normalized spacial score (nSPS) is 22.0. The molecule has 0 radical (unpaired) electrons. The molecule has 1 aliphatic heterocycles. The molecule has 21 heavy (non-hydrogen) atoms. The lowest BCUT2D eigenvalue weighted by Crippen LogP contribution is -2.42. The third kappa shape index (κ3) is 4.36. The van der Waals surface area contributed by atoms with Crippen LogP contribution >= 0.6 is 11.6 Å². The number of methoxy groups -OCH3 is 1. The van der Waals surface area contributed by atoms with E-state index in [4.69, 9.17) is 16.3 Å². The van der Waals surface area contributed by atoms with Gasteiger partial charge in [0.05, 0.1) is 18.7 Å². The second-order valence-corrected chi connectivity index (χ2v) is 5.45. The number of rotatable bonds is 5. The molecule has 1 aromatic rings. The molecule has 0 aromatic heterocycles. The Morgan fingerprint density at radius 2 is 2.19 bits per heavy atom. The molecular weight excluding hydrogens is 302 g/mol.